The lowest BCUT2D eigenvalue weighted by Crippen LogP contribution is -2.44. The van der Waals surface area contributed by atoms with Crippen LogP contribution in [0.3, 0.4) is 0 Å². The monoisotopic (exact) mass is 363 g/mol. The van der Waals surface area contributed by atoms with Crippen molar-refractivity contribution in [3.05, 3.63) is 27.7 Å². The molecule has 1 aromatic carbocycles. The first-order chi connectivity index (χ1) is 9.36. The molecule has 112 valence electrons. The molecule has 0 aliphatic carbocycles. The summed E-state index contributed by atoms with van der Waals surface area (Å²) in [6.45, 7) is 4.52. The van der Waals surface area contributed by atoms with Crippen molar-refractivity contribution in [1.82, 2.24) is 4.31 Å². The van der Waals surface area contributed by atoms with Gasteiger partial charge >= 0.3 is 0 Å². The Morgan fingerprint density at radius 1 is 1.50 bits per heavy atom. The number of sulfonamides is 1. The van der Waals surface area contributed by atoms with Crippen molar-refractivity contribution in [3.8, 4) is 0 Å². The van der Waals surface area contributed by atoms with Gasteiger partial charge in [-0.2, -0.15) is 4.31 Å². The predicted molar refractivity (Wildman–Crippen MR) is 79.0 cm³/mol. The van der Waals surface area contributed by atoms with Gasteiger partial charge in [0.2, 0.25) is 10.0 Å². The average Bonchev–Trinajstić information content (AvgIpc) is 2.41. The van der Waals surface area contributed by atoms with Crippen LogP contribution in [-0.4, -0.2) is 43.6 Å². The van der Waals surface area contributed by atoms with Crippen LogP contribution in [0.1, 0.15) is 18.1 Å². The number of halogens is 1. The summed E-state index contributed by atoms with van der Waals surface area (Å²) in [5.41, 5.74) is 1.23. The molecule has 1 aromatic rings. The van der Waals surface area contributed by atoms with E-state index in [1.165, 1.54) is 10.4 Å². The number of morpholine rings is 1. The lowest BCUT2D eigenvalue weighted by molar-refractivity contribution is 0.0101. The third-order valence-electron chi connectivity index (χ3n) is 3.36. The van der Waals surface area contributed by atoms with E-state index >= 15 is 0 Å². The molecule has 1 unspecified atom stereocenters. The molecule has 0 bridgehead atoms. The summed E-state index contributed by atoms with van der Waals surface area (Å²) < 4.78 is 33.0. The fraction of sp³-hybridized carbons (Fsp3) is 0.538. The predicted octanol–water partition coefficient (Wildman–Crippen LogP) is 1.66. The molecule has 20 heavy (non-hydrogen) atoms. The van der Waals surface area contributed by atoms with Crippen LogP contribution in [0.25, 0.3) is 0 Å². The molecule has 1 heterocycles. The van der Waals surface area contributed by atoms with Gasteiger partial charge in [0.25, 0.3) is 0 Å². The van der Waals surface area contributed by atoms with Gasteiger partial charge in [-0.1, -0.05) is 15.9 Å². The maximum absolute atomic E-state index is 12.7. The molecule has 1 atom stereocenters. The maximum Gasteiger partial charge on any atom is 0.243 e. The molecule has 1 fully saturated rings. The SMILES string of the molecule is Cc1c(Br)cc(CO)cc1S(=O)(=O)N1CCOC(C)C1. The normalized spacial score (nSPS) is 21.1. The Morgan fingerprint density at radius 2 is 2.20 bits per heavy atom. The van der Waals surface area contributed by atoms with E-state index in [2.05, 4.69) is 15.9 Å². The highest BCUT2D eigenvalue weighted by atomic mass is 79.9. The summed E-state index contributed by atoms with van der Waals surface area (Å²) in [6, 6.07) is 3.27. The van der Waals surface area contributed by atoms with E-state index in [-0.39, 0.29) is 17.6 Å². The summed E-state index contributed by atoms with van der Waals surface area (Å²) >= 11 is 3.35. The topological polar surface area (TPSA) is 66.8 Å². The van der Waals surface area contributed by atoms with Crippen LogP contribution in [0.5, 0.6) is 0 Å². The van der Waals surface area contributed by atoms with Gasteiger partial charge in [0, 0.05) is 17.6 Å². The third-order valence-corrected chi connectivity index (χ3v) is 6.18. The molecule has 0 aromatic heterocycles. The summed E-state index contributed by atoms with van der Waals surface area (Å²) in [5.74, 6) is 0. The molecule has 0 radical (unpaired) electrons. The smallest absolute Gasteiger partial charge is 0.243 e. The first kappa shape index (κ1) is 15.9. The van der Waals surface area contributed by atoms with Crippen LogP contribution in [0.2, 0.25) is 0 Å². The zero-order valence-electron chi connectivity index (χ0n) is 11.5. The Kier molecular flexibility index (Phi) is 4.86. The van der Waals surface area contributed by atoms with Crippen LogP contribution < -0.4 is 0 Å². The minimum atomic E-state index is -3.57. The van der Waals surface area contributed by atoms with Gasteiger partial charge in [-0.05, 0) is 37.1 Å². The first-order valence-electron chi connectivity index (χ1n) is 6.38. The van der Waals surface area contributed by atoms with Crippen molar-refractivity contribution >= 4 is 26.0 Å². The molecule has 0 spiro atoms. The van der Waals surface area contributed by atoms with E-state index < -0.39 is 10.0 Å². The molecule has 7 heteroatoms. The van der Waals surface area contributed by atoms with Crippen molar-refractivity contribution in [2.75, 3.05) is 19.7 Å². The van der Waals surface area contributed by atoms with Crippen molar-refractivity contribution in [3.63, 3.8) is 0 Å². The Bertz CT molecular complexity index is 603. The van der Waals surface area contributed by atoms with Gasteiger partial charge in [-0.25, -0.2) is 8.42 Å². The van der Waals surface area contributed by atoms with Crippen LogP contribution in [0, 0.1) is 6.92 Å². The van der Waals surface area contributed by atoms with Crippen LogP contribution in [0.15, 0.2) is 21.5 Å². The number of aliphatic hydroxyl groups excluding tert-OH is 1. The van der Waals surface area contributed by atoms with Crippen molar-refractivity contribution < 1.29 is 18.3 Å². The Labute approximate surface area is 127 Å². The van der Waals surface area contributed by atoms with Crippen LogP contribution >= 0.6 is 15.9 Å². The Balaban J connectivity index is 2.46. The highest BCUT2D eigenvalue weighted by Crippen LogP contribution is 2.29. The van der Waals surface area contributed by atoms with Gasteiger partial charge < -0.3 is 9.84 Å². The minimum absolute atomic E-state index is 0.108. The van der Waals surface area contributed by atoms with E-state index in [9.17, 15) is 13.5 Å². The second-order valence-electron chi connectivity index (χ2n) is 4.90. The van der Waals surface area contributed by atoms with Gasteiger partial charge in [0.1, 0.15) is 0 Å². The summed E-state index contributed by atoms with van der Waals surface area (Å²) in [7, 11) is -3.57. The molecule has 2 rings (SSSR count). The minimum Gasteiger partial charge on any atom is -0.392 e. The number of ether oxygens (including phenoxy) is 1. The van der Waals surface area contributed by atoms with Crippen molar-refractivity contribution in [2.24, 2.45) is 0 Å². The van der Waals surface area contributed by atoms with E-state index in [0.717, 1.165) is 0 Å². The van der Waals surface area contributed by atoms with E-state index in [0.29, 0.717) is 35.3 Å². The zero-order valence-corrected chi connectivity index (χ0v) is 13.9. The number of benzene rings is 1. The molecule has 0 amide bonds. The highest BCUT2D eigenvalue weighted by Gasteiger charge is 2.30. The van der Waals surface area contributed by atoms with Gasteiger partial charge in [-0.15, -0.1) is 0 Å². The lowest BCUT2D eigenvalue weighted by atomic mass is 10.2. The van der Waals surface area contributed by atoms with E-state index in [1.54, 1.807) is 13.0 Å². The number of rotatable bonds is 3. The second-order valence-corrected chi connectivity index (χ2v) is 7.66. The maximum atomic E-state index is 12.7. The number of hydrogen-bond donors (Lipinski definition) is 1. The summed E-state index contributed by atoms with van der Waals surface area (Å²) in [4.78, 5) is 0.241. The second kappa shape index (κ2) is 6.11. The molecule has 1 aliphatic heterocycles. The zero-order chi connectivity index (χ0) is 14.9. The van der Waals surface area contributed by atoms with E-state index in [4.69, 9.17) is 4.74 Å². The summed E-state index contributed by atoms with van der Waals surface area (Å²) in [6.07, 6.45) is -0.108. The van der Waals surface area contributed by atoms with Crippen molar-refractivity contribution in [1.29, 1.82) is 0 Å². The van der Waals surface area contributed by atoms with Gasteiger partial charge in [0.05, 0.1) is 24.2 Å². The quantitative estimate of drug-likeness (QED) is 0.886. The average molecular weight is 364 g/mol. The molecule has 1 aliphatic rings. The first-order valence-corrected chi connectivity index (χ1v) is 8.61. The standard InChI is InChI=1S/C13H18BrNO4S/c1-9-7-15(3-4-19-9)20(17,18)13-6-11(8-16)5-12(14)10(13)2/h5-6,9,16H,3-4,7-8H2,1-2H3. The molecular weight excluding hydrogens is 346 g/mol. The van der Waals surface area contributed by atoms with Gasteiger partial charge in [-0.3, -0.25) is 0 Å². The summed E-state index contributed by atoms with van der Waals surface area (Å²) in [5, 5.41) is 9.25. The van der Waals surface area contributed by atoms with Crippen molar-refractivity contribution in [2.45, 2.75) is 31.5 Å². The lowest BCUT2D eigenvalue weighted by Gasteiger charge is -2.31. The molecular formula is C13H18BrNO4S. The van der Waals surface area contributed by atoms with Crippen LogP contribution in [-0.2, 0) is 21.4 Å². The van der Waals surface area contributed by atoms with Crippen LogP contribution in [0.4, 0.5) is 0 Å². The van der Waals surface area contributed by atoms with E-state index in [1.807, 2.05) is 6.92 Å². The largest absolute Gasteiger partial charge is 0.392 e. The third kappa shape index (κ3) is 3.07. The number of aliphatic hydroxyl groups is 1. The fourth-order valence-corrected chi connectivity index (χ4v) is 4.65. The van der Waals surface area contributed by atoms with Gasteiger partial charge in [0.15, 0.2) is 0 Å². The molecule has 5 nitrogen and oxygen atoms in total. The number of hydrogen-bond acceptors (Lipinski definition) is 4. The molecule has 1 saturated heterocycles. The Hall–Kier alpha value is -0.470. The molecule has 1 N–H and O–H groups in total. The fourth-order valence-electron chi connectivity index (χ4n) is 2.21. The molecule has 0 saturated carbocycles. The number of nitrogens with zero attached hydrogens (tertiary/aromatic N) is 1. The Morgan fingerprint density at radius 3 is 2.80 bits per heavy atom. The highest BCUT2D eigenvalue weighted by molar-refractivity contribution is 9.10.